The summed E-state index contributed by atoms with van der Waals surface area (Å²) in [5, 5.41) is 0. The molecule has 0 N–H and O–H groups in total. The molecule has 3 aliphatic rings. The maximum Gasteiger partial charge on any atom is 0.130 e. The fourth-order valence-corrected chi connectivity index (χ4v) is 5.31. The highest BCUT2D eigenvalue weighted by atomic mass is 19.1. The second-order valence-electron chi connectivity index (χ2n) is 9.39. The third-order valence-electron chi connectivity index (χ3n) is 7.57. The highest BCUT2D eigenvalue weighted by Crippen LogP contribution is 2.42. The monoisotopic (exact) mass is 427 g/mol. The molecule has 0 atom stereocenters. The second-order valence-corrected chi connectivity index (χ2v) is 9.39. The number of aryl methyl sites for hydroxylation is 1. The second kappa shape index (κ2) is 8.51. The van der Waals surface area contributed by atoms with E-state index in [1.165, 1.54) is 38.5 Å². The van der Waals surface area contributed by atoms with Gasteiger partial charge in [-0.25, -0.2) is 8.78 Å². The molecule has 166 valence electrons. The van der Waals surface area contributed by atoms with Gasteiger partial charge >= 0.3 is 0 Å². The number of hydrogen-bond donors (Lipinski definition) is 0. The number of nitrogens with zero attached hydrogens (tertiary/aromatic N) is 1. The van der Waals surface area contributed by atoms with E-state index in [2.05, 4.69) is 4.90 Å². The summed E-state index contributed by atoms with van der Waals surface area (Å²) in [6, 6.07) is 9.60. The summed E-state index contributed by atoms with van der Waals surface area (Å²) >= 11 is 0. The van der Waals surface area contributed by atoms with Gasteiger partial charge in [0.05, 0.1) is 6.61 Å². The topological polar surface area (TPSA) is 21.7 Å². The van der Waals surface area contributed by atoms with Gasteiger partial charge in [0.25, 0.3) is 0 Å². The Morgan fingerprint density at radius 1 is 1.03 bits per heavy atom. The van der Waals surface area contributed by atoms with Crippen molar-refractivity contribution in [3.8, 4) is 16.9 Å². The van der Waals surface area contributed by atoms with Gasteiger partial charge in [0.2, 0.25) is 0 Å². The average molecular weight is 428 g/mol. The Kier molecular flexibility index (Phi) is 5.74. The number of likely N-dealkylation sites (tertiary alicyclic amines) is 1. The Labute approximate surface area is 183 Å². The van der Waals surface area contributed by atoms with Crippen LogP contribution in [0.25, 0.3) is 11.1 Å². The van der Waals surface area contributed by atoms with Crippen LogP contribution in [0.4, 0.5) is 8.78 Å². The predicted molar refractivity (Wildman–Crippen MR) is 118 cm³/mol. The molecule has 0 bridgehead atoms. The van der Waals surface area contributed by atoms with Crippen LogP contribution < -0.4 is 4.74 Å². The fourth-order valence-electron chi connectivity index (χ4n) is 5.31. The molecule has 0 amide bonds. The largest absolute Gasteiger partial charge is 0.487 e. The minimum Gasteiger partial charge on any atom is -0.487 e. The van der Waals surface area contributed by atoms with Crippen LogP contribution in [-0.2, 0) is 17.6 Å². The zero-order valence-electron chi connectivity index (χ0n) is 18.3. The zero-order chi connectivity index (χ0) is 21.4. The maximum atomic E-state index is 14.5. The van der Waals surface area contributed by atoms with Crippen molar-refractivity contribution < 1.29 is 18.3 Å². The zero-order valence-corrected chi connectivity index (χ0v) is 18.3. The van der Waals surface area contributed by atoms with E-state index in [0.717, 1.165) is 61.7 Å². The first-order valence-corrected chi connectivity index (χ1v) is 11.6. The van der Waals surface area contributed by atoms with Gasteiger partial charge in [-0.15, -0.1) is 0 Å². The van der Waals surface area contributed by atoms with E-state index in [0.29, 0.717) is 12.2 Å². The van der Waals surface area contributed by atoms with Crippen LogP contribution in [0.5, 0.6) is 5.75 Å². The van der Waals surface area contributed by atoms with E-state index < -0.39 is 11.6 Å². The van der Waals surface area contributed by atoms with Gasteiger partial charge in [0.1, 0.15) is 23.0 Å². The highest BCUT2D eigenvalue weighted by Gasteiger charge is 2.41. The number of methoxy groups -OCH3 is 1. The Bertz CT molecular complexity index is 925. The number of benzene rings is 2. The number of piperidine rings is 1. The molecule has 2 aliphatic heterocycles. The van der Waals surface area contributed by atoms with Crippen LogP contribution in [-0.4, -0.2) is 43.3 Å². The summed E-state index contributed by atoms with van der Waals surface area (Å²) in [4.78, 5) is 2.65. The lowest BCUT2D eigenvalue weighted by Gasteiger charge is -2.48. The fraction of sp³-hybridized carbons (Fsp3) is 0.538. The Morgan fingerprint density at radius 2 is 1.77 bits per heavy atom. The first kappa shape index (κ1) is 20.9. The lowest BCUT2D eigenvalue weighted by atomic mass is 9.81. The van der Waals surface area contributed by atoms with Gasteiger partial charge in [-0.2, -0.15) is 0 Å². The first-order chi connectivity index (χ1) is 15.1. The third-order valence-corrected chi connectivity index (χ3v) is 7.57. The molecule has 3 nitrogen and oxygen atoms in total. The molecular weight excluding hydrogens is 396 g/mol. The standard InChI is InChI=1S/C26H31F2NO2/c1-30-14-8-22-23(27)16-20(17-24(22)28)18-5-6-25-19(15-18)7-9-26(31-25)10-12-29(13-11-26)21-3-2-4-21/h5-6,15-17,21H,2-4,7-14H2,1H3. The number of hydrogen-bond acceptors (Lipinski definition) is 3. The van der Waals surface area contributed by atoms with E-state index in [-0.39, 0.29) is 17.6 Å². The van der Waals surface area contributed by atoms with Gasteiger partial charge in [0.15, 0.2) is 0 Å². The summed E-state index contributed by atoms with van der Waals surface area (Å²) in [6.45, 7) is 2.56. The molecule has 5 rings (SSSR count). The normalized spacial score (nSPS) is 20.9. The smallest absolute Gasteiger partial charge is 0.130 e. The van der Waals surface area contributed by atoms with E-state index in [9.17, 15) is 8.78 Å². The minimum atomic E-state index is -0.516. The molecule has 1 saturated heterocycles. The quantitative estimate of drug-likeness (QED) is 0.626. The van der Waals surface area contributed by atoms with Crippen molar-refractivity contribution in [2.45, 2.75) is 63.0 Å². The molecule has 2 aromatic rings. The first-order valence-electron chi connectivity index (χ1n) is 11.6. The van der Waals surface area contributed by atoms with Crippen LogP contribution in [0.2, 0.25) is 0 Å². The van der Waals surface area contributed by atoms with E-state index in [1.54, 1.807) is 0 Å². The molecule has 1 spiro atoms. The van der Waals surface area contributed by atoms with Crippen molar-refractivity contribution in [1.82, 2.24) is 4.90 Å². The molecule has 31 heavy (non-hydrogen) atoms. The molecule has 5 heteroatoms. The molecule has 0 aromatic heterocycles. The molecule has 1 aliphatic carbocycles. The lowest BCUT2D eigenvalue weighted by molar-refractivity contribution is -0.0336. The van der Waals surface area contributed by atoms with Gasteiger partial charge in [-0.05, 0) is 79.5 Å². The van der Waals surface area contributed by atoms with Crippen LogP contribution in [0.15, 0.2) is 30.3 Å². The number of halogens is 2. The Hall–Kier alpha value is -1.98. The molecule has 1 saturated carbocycles. The van der Waals surface area contributed by atoms with E-state index >= 15 is 0 Å². The summed E-state index contributed by atoms with van der Waals surface area (Å²) < 4.78 is 40.5. The molecule has 2 aromatic carbocycles. The third kappa shape index (κ3) is 4.10. The van der Waals surface area contributed by atoms with Crippen LogP contribution >= 0.6 is 0 Å². The number of fused-ring (bicyclic) bond motifs is 1. The highest BCUT2D eigenvalue weighted by molar-refractivity contribution is 5.66. The van der Waals surface area contributed by atoms with Gasteiger partial charge < -0.3 is 14.4 Å². The molecule has 0 radical (unpaired) electrons. The summed E-state index contributed by atoms with van der Waals surface area (Å²) in [5.74, 6) is -0.0962. The Balaban J connectivity index is 1.31. The molecule has 2 fully saturated rings. The molecular formula is C26H31F2NO2. The maximum absolute atomic E-state index is 14.5. The lowest BCUT2D eigenvalue weighted by Crippen LogP contribution is -2.53. The average Bonchev–Trinajstić information content (AvgIpc) is 2.73. The van der Waals surface area contributed by atoms with Crippen molar-refractivity contribution in [3.63, 3.8) is 0 Å². The number of ether oxygens (including phenoxy) is 2. The van der Waals surface area contributed by atoms with E-state index in [4.69, 9.17) is 9.47 Å². The van der Waals surface area contributed by atoms with Crippen molar-refractivity contribution in [2.75, 3.05) is 26.8 Å². The summed E-state index contributed by atoms with van der Waals surface area (Å²) in [6.07, 6.45) is 8.45. The summed E-state index contributed by atoms with van der Waals surface area (Å²) in [5.41, 5.74) is 2.56. The Morgan fingerprint density at radius 3 is 2.42 bits per heavy atom. The van der Waals surface area contributed by atoms with Gasteiger partial charge in [0, 0.05) is 38.2 Å². The van der Waals surface area contributed by atoms with E-state index in [1.807, 2.05) is 18.2 Å². The van der Waals surface area contributed by atoms with Crippen molar-refractivity contribution in [1.29, 1.82) is 0 Å². The van der Waals surface area contributed by atoms with Crippen LogP contribution in [0.1, 0.15) is 49.7 Å². The van der Waals surface area contributed by atoms with Crippen LogP contribution in [0, 0.1) is 11.6 Å². The van der Waals surface area contributed by atoms with Gasteiger partial charge in [-0.3, -0.25) is 0 Å². The van der Waals surface area contributed by atoms with Crippen LogP contribution in [0.3, 0.4) is 0 Å². The molecule has 2 heterocycles. The van der Waals surface area contributed by atoms with Crippen molar-refractivity contribution >= 4 is 0 Å². The number of rotatable bonds is 5. The molecule has 0 unspecified atom stereocenters. The van der Waals surface area contributed by atoms with Crippen molar-refractivity contribution in [3.05, 3.63) is 53.1 Å². The SMILES string of the molecule is COCCc1c(F)cc(-c2ccc3c(c2)CCC2(CCN(C4CCC4)CC2)O3)cc1F. The minimum absolute atomic E-state index is 0.0457. The van der Waals surface area contributed by atoms with Gasteiger partial charge in [-0.1, -0.05) is 12.5 Å². The van der Waals surface area contributed by atoms with Crippen molar-refractivity contribution in [2.24, 2.45) is 0 Å². The summed E-state index contributed by atoms with van der Waals surface area (Å²) in [7, 11) is 1.53. The predicted octanol–water partition coefficient (Wildman–Crippen LogP) is 5.53.